The Morgan fingerprint density at radius 3 is 2.67 bits per heavy atom. The van der Waals surface area contributed by atoms with Gasteiger partial charge in [0.2, 0.25) is 5.91 Å². The Morgan fingerprint density at radius 1 is 1.11 bits per heavy atom. The van der Waals surface area contributed by atoms with Gasteiger partial charge in [-0.05, 0) is 12.1 Å². The Hall–Kier alpha value is -2.70. The lowest BCUT2D eigenvalue weighted by Gasteiger charge is -1.99. The molecule has 1 aliphatic heterocycles. The molecule has 1 aliphatic rings. The Balaban J connectivity index is 2.07. The first kappa shape index (κ1) is 10.5. The fourth-order valence-electron chi connectivity index (χ4n) is 1.64. The minimum absolute atomic E-state index is 0.0673. The predicted molar refractivity (Wildman–Crippen MR) is 62.3 cm³/mol. The van der Waals surface area contributed by atoms with Crippen LogP contribution in [0, 0.1) is 0 Å². The van der Waals surface area contributed by atoms with Crippen molar-refractivity contribution in [3.8, 4) is 5.69 Å². The molecule has 0 radical (unpaired) electrons. The average Bonchev–Trinajstić information content (AvgIpc) is 2.76. The SMILES string of the molecule is O=C1CNC(=O)c2nn(-c3ccccc3)nc2N1. The number of fused-ring (bicyclic) bond motifs is 1. The molecule has 2 aromatic rings. The summed E-state index contributed by atoms with van der Waals surface area (Å²) >= 11 is 0. The van der Waals surface area contributed by atoms with Crippen LogP contribution in [0.15, 0.2) is 30.3 Å². The lowest BCUT2D eigenvalue weighted by Crippen LogP contribution is -2.29. The first-order chi connectivity index (χ1) is 8.74. The highest BCUT2D eigenvalue weighted by Crippen LogP contribution is 2.14. The molecule has 18 heavy (non-hydrogen) atoms. The molecule has 3 rings (SSSR count). The van der Waals surface area contributed by atoms with Gasteiger partial charge < -0.3 is 10.6 Å². The van der Waals surface area contributed by atoms with Crippen LogP contribution in [-0.4, -0.2) is 33.4 Å². The Kier molecular flexibility index (Phi) is 2.30. The number of hydrogen-bond acceptors (Lipinski definition) is 4. The van der Waals surface area contributed by atoms with Crippen molar-refractivity contribution in [3.05, 3.63) is 36.0 Å². The van der Waals surface area contributed by atoms with Crippen LogP contribution in [0.4, 0.5) is 5.82 Å². The van der Waals surface area contributed by atoms with E-state index >= 15 is 0 Å². The summed E-state index contributed by atoms with van der Waals surface area (Å²) in [7, 11) is 0. The molecule has 0 bridgehead atoms. The predicted octanol–water partition coefficient (Wildman–Crippen LogP) is -0.0508. The minimum Gasteiger partial charge on any atom is -0.341 e. The highest BCUT2D eigenvalue weighted by Gasteiger charge is 2.24. The number of nitrogens with one attached hydrogen (secondary N) is 2. The molecule has 0 aliphatic carbocycles. The molecule has 1 aromatic carbocycles. The Morgan fingerprint density at radius 2 is 1.89 bits per heavy atom. The highest BCUT2D eigenvalue weighted by atomic mass is 16.2. The van der Waals surface area contributed by atoms with E-state index in [0.717, 1.165) is 0 Å². The summed E-state index contributed by atoms with van der Waals surface area (Å²) in [5.41, 5.74) is 0.831. The number of anilines is 1. The third-order valence-electron chi connectivity index (χ3n) is 2.48. The zero-order chi connectivity index (χ0) is 12.5. The smallest absolute Gasteiger partial charge is 0.276 e. The van der Waals surface area contributed by atoms with E-state index in [0.29, 0.717) is 5.69 Å². The zero-order valence-electron chi connectivity index (χ0n) is 9.25. The third kappa shape index (κ3) is 1.71. The van der Waals surface area contributed by atoms with Crippen LogP contribution >= 0.6 is 0 Å². The molecule has 2 amide bonds. The van der Waals surface area contributed by atoms with Crippen LogP contribution < -0.4 is 10.6 Å². The zero-order valence-corrected chi connectivity index (χ0v) is 9.25. The molecule has 0 unspecified atom stereocenters. The monoisotopic (exact) mass is 243 g/mol. The summed E-state index contributed by atoms with van der Waals surface area (Å²) in [6, 6.07) is 9.15. The van der Waals surface area contributed by atoms with E-state index in [-0.39, 0.29) is 24.0 Å². The summed E-state index contributed by atoms with van der Waals surface area (Å²) in [5.74, 6) is -0.549. The van der Waals surface area contributed by atoms with Crippen LogP contribution in [0.2, 0.25) is 0 Å². The molecular formula is C11H9N5O2. The van der Waals surface area contributed by atoms with Gasteiger partial charge in [0.15, 0.2) is 11.5 Å². The number of amides is 2. The van der Waals surface area contributed by atoms with Crippen molar-refractivity contribution in [3.63, 3.8) is 0 Å². The Labute approximate surface area is 102 Å². The first-order valence-electron chi connectivity index (χ1n) is 5.35. The van der Waals surface area contributed by atoms with Crippen molar-refractivity contribution < 1.29 is 9.59 Å². The van der Waals surface area contributed by atoms with Crippen LogP contribution in [-0.2, 0) is 4.79 Å². The van der Waals surface area contributed by atoms with Gasteiger partial charge >= 0.3 is 0 Å². The summed E-state index contributed by atoms with van der Waals surface area (Å²) in [6.45, 7) is -0.0673. The van der Waals surface area contributed by atoms with Gasteiger partial charge in [-0.15, -0.1) is 15.0 Å². The van der Waals surface area contributed by atoms with Crippen molar-refractivity contribution in [1.29, 1.82) is 0 Å². The number of rotatable bonds is 1. The standard InChI is InChI=1S/C11H9N5O2/c17-8-6-12-11(18)9-10(13-8)15-16(14-9)7-4-2-1-3-5-7/h1-5H,6H2,(H,12,18)(H,13,15,17). The van der Waals surface area contributed by atoms with E-state index in [1.165, 1.54) is 4.80 Å². The maximum Gasteiger partial charge on any atom is 0.276 e. The largest absolute Gasteiger partial charge is 0.341 e. The van der Waals surface area contributed by atoms with E-state index in [9.17, 15) is 9.59 Å². The van der Waals surface area contributed by atoms with Crippen molar-refractivity contribution in [2.45, 2.75) is 0 Å². The Bertz CT molecular complexity index is 620. The molecule has 0 spiro atoms. The molecule has 1 aromatic heterocycles. The van der Waals surface area contributed by atoms with E-state index in [1.807, 2.05) is 18.2 Å². The summed E-state index contributed by atoms with van der Waals surface area (Å²) in [6.07, 6.45) is 0. The molecule has 90 valence electrons. The van der Waals surface area contributed by atoms with Gasteiger partial charge in [0, 0.05) is 0 Å². The van der Waals surface area contributed by atoms with Gasteiger partial charge in [-0.2, -0.15) is 0 Å². The van der Waals surface area contributed by atoms with Gasteiger partial charge in [-0.1, -0.05) is 18.2 Å². The van der Waals surface area contributed by atoms with E-state index < -0.39 is 5.91 Å². The molecule has 0 fully saturated rings. The lowest BCUT2D eigenvalue weighted by atomic mass is 10.3. The highest BCUT2D eigenvalue weighted by molar-refractivity contribution is 6.06. The second-order valence-electron chi connectivity index (χ2n) is 3.75. The molecule has 7 heteroatoms. The van der Waals surface area contributed by atoms with Gasteiger partial charge in [0.25, 0.3) is 5.91 Å². The van der Waals surface area contributed by atoms with Crippen molar-refractivity contribution in [2.24, 2.45) is 0 Å². The molecule has 7 nitrogen and oxygen atoms in total. The molecule has 0 saturated carbocycles. The number of hydrogen-bond donors (Lipinski definition) is 2. The molecule has 0 atom stereocenters. The lowest BCUT2D eigenvalue weighted by molar-refractivity contribution is -0.115. The molecule has 2 N–H and O–H groups in total. The normalized spacial score (nSPS) is 14.4. The van der Waals surface area contributed by atoms with Gasteiger partial charge in [0.1, 0.15) is 0 Å². The second-order valence-corrected chi connectivity index (χ2v) is 3.75. The van der Waals surface area contributed by atoms with Crippen LogP contribution in [0.25, 0.3) is 5.69 Å². The van der Waals surface area contributed by atoms with Gasteiger partial charge in [0.05, 0.1) is 12.2 Å². The topological polar surface area (TPSA) is 88.9 Å². The number of carbonyl (C=O) groups excluding carboxylic acids is 2. The number of aromatic nitrogens is 3. The minimum atomic E-state index is -0.412. The fraction of sp³-hybridized carbons (Fsp3) is 0.0909. The van der Waals surface area contributed by atoms with Crippen LogP contribution in [0.3, 0.4) is 0 Å². The first-order valence-corrected chi connectivity index (χ1v) is 5.35. The number of para-hydroxylation sites is 1. The molecule has 0 saturated heterocycles. The second kappa shape index (κ2) is 3.95. The van der Waals surface area contributed by atoms with Crippen LogP contribution in [0.1, 0.15) is 10.5 Å². The number of benzene rings is 1. The molecule has 2 heterocycles. The maximum atomic E-state index is 11.7. The summed E-state index contributed by atoms with van der Waals surface area (Å²) in [4.78, 5) is 24.3. The number of carbonyl (C=O) groups is 2. The summed E-state index contributed by atoms with van der Waals surface area (Å²) < 4.78 is 0. The number of nitrogens with zero attached hydrogens (tertiary/aromatic N) is 3. The quantitative estimate of drug-likeness (QED) is 0.734. The van der Waals surface area contributed by atoms with Gasteiger partial charge in [-0.25, -0.2) is 0 Å². The van der Waals surface area contributed by atoms with E-state index in [4.69, 9.17) is 0 Å². The maximum absolute atomic E-state index is 11.7. The fourth-order valence-corrected chi connectivity index (χ4v) is 1.64. The summed E-state index contributed by atoms with van der Waals surface area (Å²) in [5, 5.41) is 13.1. The van der Waals surface area contributed by atoms with Crippen molar-refractivity contribution >= 4 is 17.6 Å². The van der Waals surface area contributed by atoms with Crippen molar-refractivity contribution in [2.75, 3.05) is 11.9 Å². The van der Waals surface area contributed by atoms with E-state index in [2.05, 4.69) is 20.8 Å². The van der Waals surface area contributed by atoms with Crippen LogP contribution in [0.5, 0.6) is 0 Å². The molecular weight excluding hydrogens is 234 g/mol. The van der Waals surface area contributed by atoms with Crippen molar-refractivity contribution in [1.82, 2.24) is 20.3 Å². The third-order valence-corrected chi connectivity index (χ3v) is 2.48. The average molecular weight is 243 g/mol. The van der Waals surface area contributed by atoms with Gasteiger partial charge in [-0.3, -0.25) is 9.59 Å². The van der Waals surface area contributed by atoms with E-state index in [1.54, 1.807) is 12.1 Å².